The van der Waals surface area contributed by atoms with E-state index in [1.165, 1.54) is 0 Å². The van der Waals surface area contributed by atoms with Crippen LogP contribution in [0.4, 0.5) is 0 Å². The highest BCUT2D eigenvalue weighted by molar-refractivity contribution is 5.72. The molecule has 0 amide bonds. The second kappa shape index (κ2) is 3.43. The van der Waals surface area contributed by atoms with Crippen molar-refractivity contribution in [2.24, 2.45) is 4.99 Å². The molecule has 0 aromatic carbocycles. The van der Waals surface area contributed by atoms with E-state index in [9.17, 15) is 0 Å². The van der Waals surface area contributed by atoms with E-state index in [-0.39, 0.29) is 0 Å². The fourth-order valence-corrected chi connectivity index (χ4v) is 1.32. The van der Waals surface area contributed by atoms with Gasteiger partial charge in [-0.3, -0.25) is 0 Å². The van der Waals surface area contributed by atoms with Crippen molar-refractivity contribution in [3.63, 3.8) is 0 Å². The number of allylic oxidation sites excluding steroid dienone is 3. The minimum absolute atomic E-state index is 0.722. The molecule has 0 saturated heterocycles. The fraction of sp³-hybridized carbons (Fsp3) is 0.444. The quantitative estimate of drug-likeness (QED) is 0.583. The third kappa shape index (κ3) is 1.49. The number of hydrogen-bond donors (Lipinski definition) is 1. The van der Waals surface area contributed by atoms with Crippen molar-refractivity contribution < 1.29 is 4.74 Å². The average molecular weight is 164 g/mol. The normalized spacial score (nSPS) is 24.7. The summed E-state index contributed by atoms with van der Waals surface area (Å²) in [5, 5.41) is 3.30. The van der Waals surface area contributed by atoms with Crippen LogP contribution in [0.5, 0.6) is 0 Å². The van der Waals surface area contributed by atoms with Gasteiger partial charge < -0.3 is 10.1 Å². The zero-order chi connectivity index (χ0) is 8.23. The van der Waals surface area contributed by atoms with Crippen LogP contribution in [-0.2, 0) is 4.74 Å². The van der Waals surface area contributed by atoms with Gasteiger partial charge in [0.05, 0.1) is 5.70 Å². The first-order chi connectivity index (χ1) is 5.97. The molecule has 0 aromatic rings. The van der Waals surface area contributed by atoms with Gasteiger partial charge in [0, 0.05) is 12.8 Å². The summed E-state index contributed by atoms with van der Waals surface area (Å²) < 4.78 is 5.40. The SMILES string of the molecule is C1=CCCC2=C(/N=C\1)OCCN2. The number of hydrogen-bond acceptors (Lipinski definition) is 3. The number of nitrogens with zero attached hydrogens (tertiary/aromatic N) is 1. The summed E-state index contributed by atoms with van der Waals surface area (Å²) in [4.78, 5) is 4.19. The molecule has 0 saturated carbocycles. The highest BCUT2D eigenvalue weighted by atomic mass is 16.5. The van der Waals surface area contributed by atoms with Crippen LogP contribution in [0.1, 0.15) is 12.8 Å². The highest BCUT2D eigenvalue weighted by Crippen LogP contribution is 2.15. The molecule has 3 nitrogen and oxygen atoms in total. The van der Waals surface area contributed by atoms with Gasteiger partial charge in [-0.1, -0.05) is 6.08 Å². The molecule has 64 valence electrons. The standard InChI is InChI=1S/C9H12N2O/c1-2-4-8-9(11-5-3-1)12-7-6-10-8/h1,3,5,10H,2,4,6-7H2/b3-1?,11-5-. The second-order valence-corrected chi connectivity index (χ2v) is 2.80. The van der Waals surface area contributed by atoms with E-state index in [0.717, 1.165) is 37.6 Å². The Balaban J connectivity index is 2.22. The van der Waals surface area contributed by atoms with Crippen molar-refractivity contribution >= 4 is 6.21 Å². The molecular formula is C9H12N2O. The minimum atomic E-state index is 0.722. The van der Waals surface area contributed by atoms with Crippen molar-refractivity contribution in [2.75, 3.05) is 13.2 Å². The van der Waals surface area contributed by atoms with Crippen LogP contribution in [0.15, 0.2) is 28.7 Å². The molecule has 3 heteroatoms. The van der Waals surface area contributed by atoms with Crippen LogP contribution in [0.3, 0.4) is 0 Å². The Morgan fingerprint density at radius 2 is 2.50 bits per heavy atom. The van der Waals surface area contributed by atoms with Gasteiger partial charge >= 0.3 is 0 Å². The van der Waals surface area contributed by atoms with Gasteiger partial charge in [0.15, 0.2) is 0 Å². The number of aliphatic imine (C=N–C) groups is 1. The molecule has 0 aliphatic carbocycles. The molecule has 0 atom stereocenters. The molecule has 0 fully saturated rings. The first kappa shape index (κ1) is 7.40. The van der Waals surface area contributed by atoms with Gasteiger partial charge in [0.2, 0.25) is 5.88 Å². The van der Waals surface area contributed by atoms with Crippen LogP contribution in [0.25, 0.3) is 0 Å². The highest BCUT2D eigenvalue weighted by Gasteiger charge is 2.11. The maximum Gasteiger partial charge on any atom is 0.233 e. The van der Waals surface area contributed by atoms with E-state index in [1.54, 1.807) is 6.21 Å². The zero-order valence-electron chi connectivity index (χ0n) is 6.92. The average Bonchev–Trinajstić information content (AvgIpc) is 2.06. The largest absolute Gasteiger partial charge is 0.475 e. The Morgan fingerprint density at radius 3 is 3.50 bits per heavy atom. The Bertz CT molecular complexity index is 253. The van der Waals surface area contributed by atoms with Crippen LogP contribution in [-0.4, -0.2) is 19.4 Å². The van der Waals surface area contributed by atoms with E-state index in [0.29, 0.717) is 0 Å². The summed E-state index contributed by atoms with van der Waals surface area (Å²) in [6.45, 7) is 1.62. The maximum atomic E-state index is 5.40. The monoisotopic (exact) mass is 164 g/mol. The van der Waals surface area contributed by atoms with E-state index >= 15 is 0 Å². The molecule has 0 radical (unpaired) electrons. The van der Waals surface area contributed by atoms with E-state index < -0.39 is 0 Å². The molecule has 2 heterocycles. The summed E-state index contributed by atoms with van der Waals surface area (Å²) in [5.41, 5.74) is 1.14. The lowest BCUT2D eigenvalue weighted by atomic mass is 10.2. The molecule has 0 bridgehead atoms. The topological polar surface area (TPSA) is 33.6 Å². The van der Waals surface area contributed by atoms with Gasteiger partial charge in [0.25, 0.3) is 0 Å². The van der Waals surface area contributed by atoms with Crippen LogP contribution >= 0.6 is 0 Å². The maximum absolute atomic E-state index is 5.40. The smallest absolute Gasteiger partial charge is 0.233 e. The van der Waals surface area contributed by atoms with Crippen molar-refractivity contribution in [1.29, 1.82) is 0 Å². The number of nitrogens with one attached hydrogen (secondary N) is 1. The number of rotatable bonds is 0. The molecule has 0 spiro atoms. The van der Waals surface area contributed by atoms with Crippen molar-refractivity contribution in [3.05, 3.63) is 23.7 Å². The molecule has 2 aliphatic rings. The number of ether oxygens (including phenoxy) is 1. The van der Waals surface area contributed by atoms with Crippen LogP contribution in [0, 0.1) is 0 Å². The lowest BCUT2D eigenvalue weighted by Gasteiger charge is -2.20. The second-order valence-electron chi connectivity index (χ2n) is 2.80. The molecule has 1 N–H and O–H groups in total. The van der Waals surface area contributed by atoms with Gasteiger partial charge in [-0.25, -0.2) is 4.99 Å². The summed E-state index contributed by atoms with van der Waals surface area (Å²) in [7, 11) is 0. The van der Waals surface area contributed by atoms with Crippen molar-refractivity contribution in [1.82, 2.24) is 5.32 Å². The third-order valence-electron chi connectivity index (χ3n) is 1.91. The summed E-state index contributed by atoms with van der Waals surface area (Å²) >= 11 is 0. The Hall–Kier alpha value is -1.25. The summed E-state index contributed by atoms with van der Waals surface area (Å²) in [6, 6.07) is 0. The third-order valence-corrected chi connectivity index (χ3v) is 1.91. The molecule has 12 heavy (non-hydrogen) atoms. The predicted octanol–water partition coefficient (Wildman–Crippen LogP) is 1.20. The minimum Gasteiger partial charge on any atom is -0.475 e. The van der Waals surface area contributed by atoms with Crippen LogP contribution in [0.2, 0.25) is 0 Å². The van der Waals surface area contributed by atoms with E-state index in [2.05, 4.69) is 16.4 Å². The Labute approximate surface area is 71.8 Å². The predicted molar refractivity (Wildman–Crippen MR) is 47.8 cm³/mol. The Kier molecular flexibility index (Phi) is 2.12. The molecule has 0 unspecified atom stereocenters. The van der Waals surface area contributed by atoms with Crippen molar-refractivity contribution in [2.45, 2.75) is 12.8 Å². The first-order valence-corrected chi connectivity index (χ1v) is 4.26. The van der Waals surface area contributed by atoms with Gasteiger partial charge in [-0.15, -0.1) is 0 Å². The molecule has 2 aliphatic heterocycles. The van der Waals surface area contributed by atoms with Gasteiger partial charge in [-0.05, 0) is 18.9 Å². The van der Waals surface area contributed by atoms with Gasteiger partial charge in [-0.2, -0.15) is 0 Å². The first-order valence-electron chi connectivity index (χ1n) is 4.26. The fourth-order valence-electron chi connectivity index (χ4n) is 1.32. The molecule has 0 aromatic heterocycles. The zero-order valence-corrected chi connectivity index (χ0v) is 6.92. The summed E-state index contributed by atoms with van der Waals surface area (Å²) in [6.07, 6.45) is 7.91. The molecular weight excluding hydrogens is 152 g/mol. The van der Waals surface area contributed by atoms with Crippen LogP contribution < -0.4 is 5.32 Å². The summed E-state index contributed by atoms with van der Waals surface area (Å²) in [5.74, 6) is 0.769. The lowest BCUT2D eigenvalue weighted by molar-refractivity contribution is 0.187. The van der Waals surface area contributed by atoms with Gasteiger partial charge in [0.1, 0.15) is 6.61 Å². The lowest BCUT2D eigenvalue weighted by Crippen LogP contribution is -2.26. The van der Waals surface area contributed by atoms with E-state index in [4.69, 9.17) is 4.74 Å². The Morgan fingerprint density at radius 1 is 1.50 bits per heavy atom. The molecule has 2 rings (SSSR count). The van der Waals surface area contributed by atoms with E-state index in [1.807, 2.05) is 6.08 Å². The van der Waals surface area contributed by atoms with Crippen molar-refractivity contribution in [3.8, 4) is 0 Å².